The second kappa shape index (κ2) is 6.55. The summed E-state index contributed by atoms with van der Waals surface area (Å²) >= 11 is 6.07. The SMILES string of the molecule is Cc1cccc(Cl)c1NCC(O)Cn1cc([N+](=O)[O-])cn1. The molecule has 1 heterocycles. The number of aromatic nitrogens is 2. The van der Waals surface area contributed by atoms with Crippen LogP contribution in [0.3, 0.4) is 0 Å². The Morgan fingerprint density at radius 3 is 2.95 bits per heavy atom. The van der Waals surface area contributed by atoms with E-state index in [0.29, 0.717) is 5.02 Å². The minimum absolute atomic E-state index is 0.0999. The van der Waals surface area contributed by atoms with Crippen molar-refractivity contribution in [3.63, 3.8) is 0 Å². The van der Waals surface area contributed by atoms with Gasteiger partial charge in [0.2, 0.25) is 0 Å². The van der Waals surface area contributed by atoms with Crippen LogP contribution in [0.2, 0.25) is 5.02 Å². The van der Waals surface area contributed by atoms with Crippen LogP contribution in [0, 0.1) is 17.0 Å². The van der Waals surface area contributed by atoms with Crippen LogP contribution >= 0.6 is 11.6 Å². The smallest absolute Gasteiger partial charge is 0.306 e. The van der Waals surface area contributed by atoms with E-state index < -0.39 is 11.0 Å². The number of anilines is 1. The summed E-state index contributed by atoms with van der Waals surface area (Å²) in [5.41, 5.74) is 1.64. The van der Waals surface area contributed by atoms with Gasteiger partial charge < -0.3 is 10.4 Å². The molecule has 21 heavy (non-hydrogen) atoms. The highest BCUT2D eigenvalue weighted by molar-refractivity contribution is 6.33. The lowest BCUT2D eigenvalue weighted by Gasteiger charge is -2.15. The summed E-state index contributed by atoms with van der Waals surface area (Å²) in [7, 11) is 0. The van der Waals surface area contributed by atoms with Crippen LogP contribution in [-0.2, 0) is 6.54 Å². The molecule has 1 aromatic carbocycles. The second-order valence-electron chi connectivity index (χ2n) is 4.64. The van der Waals surface area contributed by atoms with Crippen molar-refractivity contribution >= 4 is 23.0 Å². The Labute approximate surface area is 126 Å². The lowest BCUT2D eigenvalue weighted by molar-refractivity contribution is -0.385. The first-order valence-corrected chi connectivity index (χ1v) is 6.69. The highest BCUT2D eigenvalue weighted by atomic mass is 35.5. The number of hydrogen-bond donors (Lipinski definition) is 2. The van der Waals surface area contributed by atoms with Gasteiger partial charge in [0.25, 0.3) is 0 Å². The molecule has 0 bridgehead atoms. The normalized spacial score (nSPS) is 12.1. The number of aryl methyl sites for hydroxylation is 1. The average Bonchev–Trinajstić information content (AvgIpc) is 2.87. The zero-order valence-corrected chi connectivity index (χ0v) is 12.1. The van der Waals surface area contributed by atoms with Crippen LogP contribution < -0.4 is 5.32 Å². The molecule has 1 unspecified atom stereocenters. The van der Waals surface area contributed by atoms with Crippen molar-refractivity contribution in [2.75, 3.05) is 11.9 Å². The molecule has 1 atom stereocenters. The zero-order valence-electron chi connectivity index (χ0n) is 11.4. The molecule has 0 saturated heterocycles. The number of nitrogens with zero attached hydrogens (tertiary/aromatic N) is 3. The van der Waals surface area contributed by atoms with Crippen molar-refractivity contribution in [2.24, 2.45) is 0 Å². The van der Waals surface area contributed by atoms with Gasteiger partial charge in [-0.25, -0.2) is 0 Å². The fraction of sp³-hybridized carbons (Fsp3) is 0.308. The van der Waals surface area contributed by atoms with Crippen molar-refractivity contribution in [3.05, 3.63) is 51.3 Å². The van der Waals surface area contributed by atoms with E-state index in [1.165, 1.54) is 10.9 Å². The van der Waals surface area contributed by atoms with Gasteiger partial charge in [0.1, 0.15) is 12.4 Å². The minimum atomic E-state index is -0.750. The molecule has 7 nitrogen and oxygen atoms in total. The van der Waals surface area contributed by atoms with Crippen molar-refractivity contribution in [1.29, 1.82) is 0 Å². The van der Waals surface area contributed by atoms with Crippen molar-refractivity contribution < 1.29 is 10.0 Å². The standard InChI is InChI=1S/C13H15ClN4O3/c1-9-3-2-4-12(14)13(9)15-6-11(19)8-17-7-10(5-16-17)18(20)21/h2-5,7,11,15,19H,6,8H2,1H3. The molecule has 112 valence electrons. The van der Waals surface area contributed by atoms with Gasteiger partial charge in [-0.1, -0.05) is 23.7 Å². The Morgan fingerprint density at radius 1 is 1.57 bits per heavy atom. The predicted molar refractivity (Wildman–Crippen MR) is 79.6 cm³/mol. The first-order chi connectivity index (χ1) is 9.97. The van der Waals surface area contributed by atoms with E-state index in [1.54, 1.807) is 6.07 Å². The third kappa shape index (κ3) is 3.93. The molecule has 2 N–H and O–H groups in total. The number of nitro groups is 1. The summed E-state index contributed by atoms with van der Waals surface area (Å²) < 4.78 is 1.34. The Balaban J connectivity index is 1.92. The van der Waals surface area contributed by atoms with E-state index in [9.17, 15) is 15.2 Å². The van der Waals surface area contributed by atoms with Gasteiger partial charge in [-0.3, -0.25) is 14.8 Å². The summed E-state index contributed by atoms with van der Waals surface area (Å²) in [5.74, 6) is 0. The maximum atomic E-state index is 10.5. The monoisotopic (exact) mass is 310 g/mol. The van der Waals surface area contributed by atoms with Gasteiger partial charge in [-0.15, -0.1) is 0 Å². The molecule has 0 spiro atoms. The van der Waals surface area contributed by atoms with Crippen LogP contribution in [0.5, 0.6) is 0 Å². The lowest BCUT2D eigenvalue weighted by Crippen LogP contribution is -2.25. The van der Waals surface area contributed by atoms with Gasteiger partial charge in [0.05, 0.1) is 28.3 Å². The Morgan fingerprint density at radius 2 is 2.33 bits per heavy atom. The Bertz CT molecular complexity index is 624. The number of nitrogens with one attached hydrogen (secondary N) is 1. The van der Waals surface area contributed by atoms with Gasteiger partial charge in [0, 0.05) is 6.54 Å². The Kier molecular flexibility index (Phi) is 4.77. The summed E-state index contributed by atoms with van der Waals surface area (Å²) in [6.45, 7) is 2.33. The molecule has 2 rings (SSSR count). The van der Waals surface area contributed by atoms with Gasteiger partial charge in [-0.05, 0) is 18.6 Å². The third-order valence-corrected chi connectivity index (χ3v) is 3.28. The minimum Gasteiger partial charge on any atom is -0.389 e. The van der Waals surface area contributed by atoms with Crippen LogP contribution in [0.15, 0.2) is 30.6 Å². The van der Waals surface area contributed by atoms with E-state index >= 15 is 0 Å². The van der Waals surface area contributed by atoms with Crippen LogP contribution in [0.4, 0.5) is 11.4 Å². The number of aliphatic hydroxyl groups is 1. The molecule has 0 aliphatic heterocycles. The fourth-order valence-corrected chi connectivity index (χ4v) is 2.19. The molecule has 0 fully saturated rings. The van der Waals surface area contributed by atoms with E-state index in [0.717, 1.165) is 17.4 Å². The van der Waals surface area contributed by atoms with Crippen LogP contribution in [-0.4, -0.2) is 32.5 Å². The van der Waals surface area contributed by atoms with Crippen molar-refractivity contribution in [1.82, 2.24) is 9.78 Å². The zero-order chi connectivity index (χ0) is 15.4. The highest BCUT2D eigenvalue weighted by Crippen LogP contribution is 2.25. The highest BCUT2D eigenvalue weighted by Gasteiger charge is 2.12. The van der Waals surface area contributed by atoms with Gasteiger partial charge in [-0.2, -0.15) is 5.10 Å². The molecule has 0 amide bonds. The number of hydrogen-bond acceptors (Lipinski definition) is 5. The first-order valence-electron chi connectivity index (χ1n) is 6.31. The summed E-state index contributed by atoms with van der Waals surface area (Å²) in [4.78, 5) is 10.0. The molecule has 8 heteroatoms. The van der Waals surface area contributed by atoms with E-state index in [2.05, 4.69) is 10.4 Å². The molecular formula is C13H15ClN4O3. The molecule has 0 aliphatic rings. The Hall–Kier alpha value is -2.12. The van der Waals surface area contributed by atoms with Crippen LogP contribution in [0.1, 0.15) is 5.56 Å². The predicted octanol–water partition coefficient (Wildman–Crippen LogP) is 2.23. The van der Waals surface area contributed by atoms with Gasteiger partial charge >= 0.3 is 5.69 Å². The maximum absolute atomic E-state index is 10.5. The summed E-state index contributed by atoms with van der Waals surface area (Å²) in [6, 6.07) is 5.53. The van der Waals surface area contributed by atoms with E-state index in [4.69, 9.17) is 11.6 Å². The molecule has 0 aliphatic carbocycles. The number of halogens is 1. The second-order valence-corrected chi connectivity index (χ2v) is 5.05. The first kappa shape index (κ1) is 15.3. The van der Waals surface area contributed by atoms with Crippen molar-refractivity contribution in [3.8, 4) is 0 Å². The van der Waals surface area contributed by atoms with E-state index in [-0.39, 0.29) is 18.8 Å². The lowest BCUT2D eigenvalue weighted by atomic mass is 10.2. The average molecular weight is 311 g/mol. The maximum Gasteiger partial charge on any atom is 0.306 e. The fourth-order valence-electron chi connectivity index (χ4n) is 1.90. The molecule has 1 aromatic heterocycles. The largest absolute Gasteiger partial charge is 0.389 e. The summed E-state index contributed by atoms with van der Waals surface area (Å²) in [5, 5.41) is 28.0. The van der Waals surface area contributed by atoms with E-state index in [1.807, 2.05) is 19.1 Å². The molecular weight excluding hydrogens is 296 g/mol. The molecule has 2 aromatic rings. The molecule has 0 saturated carbocycles. The quantitative estimate of drug-likeness (QED) is 0.630. The van der Waals surface area contributed by atoms with Crippen molar-refractivity contribution in [2.45, 2.75) is 19.6 Å². The van der Waals surface area contributed by atoms with Gasteiger partial charge in [0.15, 0.2) is 0 Å². The third-order valence-electron chi connectivity index (χ3n) is 2.96. The number of benzene rings is 1. The molecule has 0 radical (unpaired) electrons. The topological polar surface area (TPSA) is 93.2 Å². The number of para-hydroxylation sites is 1. The number of aliphatic hydroxyl groups excluding tert-OH is 1. The van der Waals surface area contributed by atoms with Crippen LogP contribution in [0.25, 0.3) is 0 Å². The number of rotatable bonds is 6. The summed E-state index contributed by atoms with van der Waals surface area (Å²) in [6.07, 6.45) is 1.68.